The third-order valence-electron chi connectivity index (χ3n) is 3.07. The van der Waals surface area contributed by atoms with Crippen molar-refractivity contribution in [1.29, 1.82) is 0 Å². The molecule has 4 nitrogen and oxygen atoms in total. The van der Waals surface area contributed by atoms with Crippen LogP contribution in [0.1, 0.15) is 22.8 Å². The van der Waals surface area contributed by atoms with E-state index in [9.17, 15) is 9.59 Å². The summed E-state index contributed by atoms with van der Waals surface area (Å²) < 4.78 is 5.11. The van der Waals surface area contributed by atoms with Gasteiger partial charge in [-0.1, -0.05) is 53.0 Å². The molecule has 122 valence electrons. The van der Waals surface area contributed by atoms with E-state index in [1.165, 1.54) is 11.3 Å². The van der Waals surface area contributed by atoms with Gasteiger partial charge in [-0.15, -0.1) is 11.3 Å². The third-order valence-corrected chi connectivity index (χ3v) is 4.36. The average Bonchev–Trinajstić information content (AvgIpc) is 2.91. The van der Waals surface area contributed by atoms with Crippen LogP contribution in [0.4, 0.5) is 5.00 Å². The quantitative estimate of drug-likeness (QED) is 0.614. The van der Waals surface area contributed by atoms with E-state index in [0.717, 1.165) is 11.1 Å². The van der Waals surface area contributed by atoms with Crippen molar-refractivity contribution < 1.29 is 14.3 Å². The minimum Gasteiger partial charge on any atom is -0.462 e. The van der Waals surface area contributed by atoms with E-state index in [4.69, 9.17) is 27.9 Å². The summed E-state index contributed by atoms with van der Waals surface area (Å²) in [5.74, 6) is -1.09. The number of anilines is 1. The number of nitrogens with one attached hydrogen (secondary N) is 1. The summed E-state index contributed by atoms with van der Waals surface area (Å²) in [6.45, 7) is 3.95. The molecule has 0 radical (unpaired) electrons. The van der Waals surface area contributed by atoms with E-state index in [2.05, 4.69) is 5.32 Å². The van der Waals surface area contributed by atoms with Gasteiger partial charge in [0.2, 0.25) is 0 Å². The second-order valence-electron chi connectivity index (χ2n) is 4.73. The number of aryl methyl sites for hydroxylation is 1. The van der Waals surface area contributed by atoms with Crippen LogP contribution in [0.3, 0.4) is 0 Å². The van der Waals surface area contributed by atoms with Crippen LogP contribution < -0.4 is 5.32 Å². The molecule has 2 rings (SSSR count). The average molecular weight is 372 g/mol. The first-order valence-corrected chi connectivity index (χ1v) is 8.64. The lowest BCUT2D eigenvalue weighted by molar-refractivity contribution is -0.114. The molecule has 1 aromatic heterocycles. The van der Waals surface area contributed by atoms with Crippen LogP contribution in [-0.4, -0.2) is 23.3 Å². The van der Waals surface area contributed by atoms with Crippen LogP contribution in [0.25, 0.3) is 11.1 Å². The number of rotatable bonds is 5. The molecule has 0 spiro atoms. The molecular formula is C16H15Cl2NO3S. The fourth-order valence-electron chi connectivity index (χ4n) is 1.97. The fourth-order valence-corrected chi connectivity index (χ4v) is 3.04. The van der Waals surface area contributed by atoms with Gasteiger partial charge in [-0.05, 0) is 19.4 Å². The number of ether oxygens (including phenoxy) is 1. The SMILES string of the molecule is CCOC(=O)c1c(-c2ccc(C)cc2)csc1NC(=O)C(Cl)Cl. The Balaban J connectivity index is 2.46. The molecule has 1 N–H and O–H groups in total. The molecule has 7 heteroatoms. The largest absolute Gasteiger partial charge is 0.462 e. The summed E-state index contributed by atoms with van der Waals surface area (Å²) in [7, 11) is 0. The maximum absolute atomic E-state index is 12.3. The molecule has 0 saturated heterocycles. The van der Waals surface area contributed by atoms with Gasteiger partial charge in [-0.2, -0.15) is 0 Å². The maximum Gasteiger partial charge on any atom is 0.341 e. The highest BCUT2D eigenvalue weighted by Gasteiger charge is 2.24. The summed E-state index contributed by atoms with van der Waals surface area (Å²) in [6.07, 6.45) is 0. The highest BCUT2D eigenvalue weighted by molar-refractivity contribution is 7.15. The maximum atomic E-state index is 12.3. The van der Waals surface area contributed by atoms with Crippen molar-refractivity contribution in [3.8, 4) is 11.1 Å². The van der Waals surface area contributed by atoms with Crippen molar-refractivity contribution >= 4 is 51.4 Å². The summed E-state index contributed by atoms with van der Waals surface area (Å²) in [5.41, 5.74) is 2.98. The van der Waals surface area contributed by atoms with Crippen LogP contribution in [-0.2, 0) is 9.53 Å². The Bertz CT molecular complexity index is 711. The van der Waals surface area contributed by atoms with Gasteiger partial charge in [-0.3, -0.25) is 4.79 Å². The smallest absolute Gasteiger partial charge is 0.341 e. The van der Waals surface area contributed by atoms with Gasteiger partial charge in [-0.25, -0.2) is 4.79 Å². The highest BCUT2D eigenvalue weighted by Crippen LogP contribution is 2.36. The predicted octanol–water partition coefficient (Wildman–Crippen LogP) is 4.64. The normalized spacial score (nSPS) is 10.7. The second-order valence-corrected chi connectivity index (χ2v) is 6.71. The number of esters is 1. The molecule has 0 aliphatic carbocycles. The van der Waals surface area contributed by atoms with E-state index in [1.807, 2.05) is 31.2 Å². The first-order chi connectivity index (χ1) is 10.9. The van der Waals surface area contributed by atoms with Crippen molar-refractivity contribution in [3.63, 3.8) is 0 Å². The summed E-state index contributed by atoms with van der Waals surface area (Å²) in [5, 5.41) is 4.73. The van der Waals surface area contributed by atoms with Crippen molar-refractivity contribution in [2.24, 2.45) is 0 Å². The Morgan fingerprint density at radius 2 is 1.91 bits per heavy atom. The lowest BCUT2D eigenvalue weighted by atomic mass is 10.0. The lowest BCUT2D eigenvalue weighted by Crippen LogP contribution is -2.19. The van der Waals surface area contributed by atoms with E-state index in [1.54, 1.807) is 12.3 Å². The molecule has 0 aliphatic heterocycles. The summed E-state index contributed by atoms with van der Waals surface area (Å²) in [6, 6.07) is 7.73. The Labute approximate surface area is 148 Å². The first-order valence-electron chi connectivity index (χ1n) is 6.88. The van der Waals surface area contributed by atoms with Crippen molar-refractivity contribution in [3.05, 3.63) is 40.8 Å². The van der Waals surface area contributed by atoms with Gasteiger partial charge in [0.15, 0.2) is 4.84 Å². The Hall–Kier alpha value is -1.56. The molecule has 0 bridgehead atoms. The van der Waals surface area contributed by atoms with Gasteiger partial charge in [0.25, 0.3) is 5.91 Å². The minimum atomic E-state index is -1.21. The molecule has 0 saturated carbocycles. The molecule has 2 aromatic rings. The summed E-state index contributed by atoms with van der Waals surface area (Å²) >= 11 is 12.3. The van der Waals surface area contributed by atoms with E-state index in [-0.39, 0.29) is 6.61 Å². The number of amides is 1. The molecule has 1 amide bonds. The Kier molecular flexibility index (Phi) is 6.04. The molecule has 0 atom stereocenters. The van der Waals surface area contributed by atoms with Crippen LogP contribution >= 0.6 is 34.5 Å². The Morgan fingerprint density at radius 3 is 2.48 bits per heavy atom. The number of hydrogen-bond donors (Lipinski definition) is 1. The minimum absolute atomic E-state index is 0.239. The number of carbonyl (C=O) groups excluding carboxylic acids is 2. The zero-order valence-corrected chi connectivity index (χ0v) is 14.9. The fraction of sp³-hybridized carbons (Fsp3) is 0.250. The number of hydrogen-bond acceptors (Lipinski definition) is 4. The molecule has 0 aliphatic rings. The van der Waals surface area contributed by atoms with E-state index in [0.29, 0.717) is 16.1 Å². The first kappa shape index (κ1) is 17.8. The Morgan fingerprint density at radius 1 is 1.26 bits per heavy atom. The van der Waals surface area contributed by atoms with Crippen LogP contribution in [0.5, 0.6) is 0 Å². The van der Waals surface area contributed by atoms with Crippen LogP contribution in [0.15, 0.2) is 29.6 Å². The monoisotopic (exact) mass is 371 g/mol. The number of benzene rings is 1. The molecule has 1 heterocycles. The van der Waals surface area contributed by atoms with Crippen LogP contribution in [0.2, 0.25) is 0 Å². The molecular weight excluding hydrogens is 357 g/mol. The van der Waals surface area contributed by atoms with Gasteiger partial charge in [0, 0.05) is 10.9 Å². The number of halogens is 2. The topological polar surface area (TPSA) is 55.4 Å². The van der Waals surface area contributed by atoms with Crippen molar-refractivity contribution in [2.75, 3.05) is 11.9 Å². The summed E-state index contributed by atoms with van der Waals surface area (Å²) in [4.78, 5) is 22.8. The third kappa shape index (κ3) is 4.25. The molecule has 0 unspecified atom stereocenters. The standard InChI is InChI=1S/C16H15Cl2NO3S/c1-3-22-16(21)12-11(10-6-4-9(2)5-7-10)8-23-15(12)19-14(20)13(17)18/h4-8,13H,3H2,1-2H3,(H,19,20). The van der Waals surface area contributed by atoms with Gasteiger partial charge >= 0.3 is 5.97 Å². The second kappa shape index (κ2) is 7.81. The van der Waals surface area contributed by atoms with E-state index < -0.39 is 16.7 Å². The number of thiophene rings is 1. The highest BCUT2D eigenvalue weighted by atomic mass is 35.5. The predicted molar refractivity (Wildman–Crippen MR) is 94.6 cm³/mol. The van der Waals surface area contributed by atoms with E-state index >= 15 is 0 Å². The zero-order chi connectivity index (χ0) is 17.0. The lowest BCUT2D eigenvalue weighted by Gasteiger charge is -2.09. The number of alkyl halides is 2. The van der Waals surface area contributed by atoms with Crippen molar-refractivity contribution in [1.82, 2.24) is 0 Å². The zero-order valence-electron chi connectivity index (χ0n) is 12.6. The van der Waals surface area contributed by atoms with Gasteiger partial charge < -0.3 is 10.1 Å². The molecule has 1 aromatic carbocycles. The van der Waals surface area contributed by atoms with Gasteiger partial charge in [0.05, 0.1) is 6.61 Å². The molecule has 0 fully saturated rings. The van der Waals surface area contributed by atoms with Crippen LogP contribution in [0, 0.1) is 6.92 Å². The van der Waals surface area contributed by atoms with Gasteiger partial charge in [0.1, 0.15) is 10.6 Å². The number of carbonyl (C=O) groups is 2. The molecule has 23 heavy (non-hydrogen) atoms. The van der Waals surface area contributed by atoms with Crippen molar-refractivity contribution in [2.45, 2.75) is 18.7 Å².